The summed E-state index contributed by atoms with van der Waals surface area (Å²) in [5.41, 5.74) is 0. The Labute approximate surface area is 235 Å². The fourth-order valence-electron chi connectivity index (χ4n) is 3.94. The molecule has 0 aromatic heterocycles. The first kappa shape index (κ1) is 36.8. The maximum Gasteiger partial charge on any atom is 0.303 e. The van der Waals surface area contributed by atoms with E-state index in [0.29, 0.717) is 45.9 Å². The van der Waals surface area contributed by atoms with Gasteiger partial charge >= 0.3 is 5.97 Å². The number of aliphatic carboxylic acids is 1. The van der Waals surface area contributed by atoms with Crippen molar-refractivity contribution in [2.75, 3.05) is 39.5 Å². The highest BCUT2D eigenvalue weighted by Gasteiger charge is 2.09. The van der Waals surface area contributed by atoms with Gasteiger partial charge in [0.1, 0.15) is 0 Å². The molecule has 0 aromatic rings. The van der Waals surface area contributed by atoms with Gasteiger partial charge in [0.25, 0.3) is 0 Å². The third kappa shape index (κ3) is 28.6. The van der Waals surface area contributed by atoms with E-state index in [-0.39, 0.29) is 43.0 Å². The maximum atomic E-state index is 11.8. The highest BCUT2D eigenvalue weighted by Crippen LogP contribution is 2.08. The summed E-state index contributed by atoms with van der Waals surface area (Å²) in [6.45, 7) is 7.76. The van der Waals surface area contributed by atoms with Gasteiger partial charge in [-0.05, 0) is 51.9 Å². The second-order valence-electron chi connectivity index (χ2n) is 10.1. The van der Waals surface area contributed by atoms with Crippen LogP contribution >= 0.6 is 0 Å². The minimum Gasteiger partial charge on any atom is -0.481 e. The molecule has 10 nitrogen and oxygen atoms in total. The number of rotatable bonds is 28. The molecule has 10 heteroatoms. The fraction of sp³-hybridized carbons (Fsp3) is 0.862. The molecule has 1 atom stereocenters. The first-order valence-corrected chi connectivity index (χ1v) is 15.0. The summed E-state index contributed by atoms with van der Waals surface area (Å²) >= 11 is 0. The Bertz CT molecular complexity index is 646. The molecule has 0 aliphatic rings. The van der Waals surface area contributed by atoms with Crippen molar-refractivity contribution in [3.8, 4) is 0 Å². The number of hydrogen-bond acceptors (Lipinski definition) is 6. The third-order valence-corrected chi connectivity index (χ3v) is 6.16. The Morgan fingerprint density at radius 3 is 1.62 bits per heavy atom. The Morgan fingerprint density at radius 2 is 1.08 bits per heavy atom. The van der Waals surface area contributed by atoms with Crippen LogP contribution in [-0.4, -0.2) is 74.4 Å². The van der Waals surface area contributed by atoms with Gasteiger partial charge in [-0.1, -0.05) is 39.0 Å². The minimum absolute atomic E-state index is 0.0766. The Kier molecular flexibility index (Phi) is 25.8. The number of nitrogens with one attached hydrogen (secondary N) is 3. The Hall–Kier alpha value is -2.20. The van der Waals surface area contributed by atoms with Crippen LogP contribution in [0.2, 0.25) is 0 Å². The lowest BCUT2D eigenvalue weighted by Gasteiger charge is -2.12. The van der Waals surface area contributed by atoms with Crippen molar-refractivity contribution in [3.63, 3.8) is 0 Å². The molecule has 0 spiro atoms. The molecule has 3 amide bonds. The van der Waals surface area contributed by atoms with E-state index in [9.17, 15) is 19.2 Å². The van der Waals surface area contributed by atoms with Crippen LogP contribution in [0.5, 0.6) is 0 Å². The standard InChI is InChI=1S/C29H55N3O7/c1-3-14-25(2)32-28(35)18-17-27(34)31-20-13-24-39-22-11-10-21-38-23-12-19-30-26(33)15-8-6-4-5-7-9-16-29(36)37/h25H,3-24H2,1-2H3,(H,30,33)(H,31,34)(H,32,35)(H,36,37). The molecule has 39 heavy (non-hydrogen) atoms. The molecule has 0 heterocycles. The van der Waals surface area contributed by atoms with E-state index < -0.39 is 5.97 Å². The molecule has 4 N–H and O–H groups in total. The van der Waals surface area contributed by atoms with E-state index in [1.807, 2.05) is 6.92 Å². The second kappa shape index (κ2) is 27.4. The molecule has 0 aliphatic heterocycles. The largest absolute Gasteiger partial charge is 0.481 e. The van der Waals surface area contributed by atoms with Crippen LogP contribution in [0.15, 0.2) is 0 Å². The molecule has 228 valence electrons. The molecule has 0 aliphatic carbocycles. The van der Waals surface area contributed by atoms with Crippen molar-refractivity contribution in [1.29, 1.82) is 0 Å². The summed E-state index contributed by atoms with van der Waals surface area (Å²) in [5.74, 6) is -0.837. The second-order valence-corrected chi connectivity index (χ2v) is 10.1. The number of amides is 3. The molecule has 0 aromatic carbocycles. The molecule has 1 unspecified atom stereocenters. The lowest BCUT2D eigenvalue weighted by atomic mass is 10.1. The van der Waals surface area contributed by atoms with Gasteiger partial charge in [-0.15, -0.1) is 0 Å². The van der Waals surface area contributed by atoms with Crippen LogP contribution in [0.4, 0.5) is 0 Å². The van der Waals surface area contributed by atoms with E-state index in [2.05, 4.69) is 22.9 Å². The van der Waals surface area contributed by atoms with Crippen molar-refractivity contribution in [2.45, 2.75) is 123 Å². The van der Waals surface area contributed by atoms with Gasteiger partial charge in [0.05, 0.1) is 0 Å². The van der Waals surface area contributed by atoms with Crippen molar-refractivity contribution in [2.24, 2.45) is 0 Å². The van der Waals surface area contributed by atoms with Crippen molar-refractivity contribution in [1.82, 2.24) is 16.0 Å². The van der Waals surface area contributed by atoms with Gasteiger partial charge < -0.3 is 30.5 Å². The smallest absolute Gasteiger partial charge is 0.303 e. The number of carboxylic acids is 1. The van der Waals surface area contributed by atoms with Gasteiger partial charge in [0, 0.05) is 71.2 Å². The number of ether oxygens (including phenoxy) is 2. The van der Waals surface area contributed by atoms with E-state index in [1.165, 1.54) is 0 Å². The van der Waals surface area contributed by atoms with Crippen molar-refractivity contribution in [3.05, 3.63) is 0 Å². The maximum absolute atomic E-state index is 11.8. The number of carboxylic acid groups (broad SMARTS) is 1. The van der Waals surface area contributed by atoms with Crippen molar-refractivity contribution < 1.29 is 33.8 Å². The van der Waals surface area contributed by atoms with Crippen LogP contribution in [0.1, 0.15) is 117 Å². The molecule has 0 rings (SSSR count). The van der Waals surface area contributed by atoms with Crippen LogP contribution in [0.3, 0.4) is 0 Å². The predicted molar refractivity (Wildman–Crippen MR) is 152 cm³/mol. The molecule has 0 radical (unpaired) electrons. The fourth-order valence-corrected chi connectivity index (χ4v) is 3.94. The SMILES string of the molecule is CCCC(C)NC(=O)CCC(=O)NCCCOCCCCOCCCNC(=O)CCCCCCCCC(=O)O. The highest BCUT2D eigenvalue weighted by molar-refractivity contribution is 5.83. The van der Waals surface area contributed by atoms with Gasteiger partial charge in [-0.2, -0.15) is 0 Å². The minimum atomic E-state index is -0.734. The summed E-state index contributed by atoms with van der Waals surface area (Å²) < 4.78 is 11.2. The first-order valence-electron chi connectivity index (χ1n) is 15.0. The Morgan fingerprint density at radius 1 is 0.615 bits per heavy atom. The summed E-state index contributed by atoms with van der Waals surface area (Å²) in [7, 11) is 0. The molecule has 0 saturated heterocycles. The average molecular weight is 558 g/mol. The summed E-state index contributed by atoms with van der Waals surface area (Å²) in [6, 6.07) is 0.150. The lowest BCUT2D eigenvalue weighted by molar-refractivity contribution is -0.137. The number of carbonyl (C=O) groups is 4. The number of unbranched alkanes of at least 4 members (excludes halogenated alkanes) is 6. The highest BCUT2D eigenvalue weighted by atomic mass is 16.5. The topological polar surface area (TPSA) is 143 Å². The van der Waals surface area contributed by atoms with E-state index in [1.54, 1.807) is 0 Å². The van der Waals surface area contributed by atoms with E-state index in [4.69, 9.17) is 14.6 Å². The van der Waals surface area contributed by atoms with Gasteiger partial charge in [-0.25, -0.2) is 0 Å². The van der Waals surface area contributed by atoms with Crippen molar-refractivity contribution >= 4 is 23.7 Å². The van der Waals surface area contributed by atoms with E-state index in [0.717, 1.165) is 77.0 Å². The number of carbonyl (C=O) groups excluding carboxylic acids is 3. The van der Waals surface area contributed by atoms with Crippen LogP contribution in [0.25, 0.3) is 0 Å². The van der Waals surface area contributed by atoms with Gasteiger partial charge in [-0.3, -0.25) is 19.2 Å². The van der Waals surface area contributed by atoms with Gasteiger partial charge in [0.2, 0.25) is 17.7 Å². The van der Waals surface area contributed by atoms with Crippen LogP contribution < -0.4 is 16.0 Å². The van der Waals surface area contributed by atoms with E-state index >= 15 is 0 Å². The zero-order chi connectivity index (χ0) is 29.0. The number of hydrogen-bond donors (Lipinski definition) is 4. The summed E-state index contributed by atoms with van der Waals surface area (Å²) in [6.07, 6.45) is 12.1. The monoisotopic (exact) mass is 557 g/mol. The molecular weight excluding hydrogens is 502 g/mol. The normalized spacial score (nSPS) is 11.6. The zero-order valence-corrected chi connectivity index (χ0v) is 24.5. The van der Waals surface area contributed by atoms with Crippen LogP contribution in [-0.2, 0) is 28.7 Å². The lowest BCUT2D eigenvalue weighted by Crippen LogP contribution is -2.33. The first-order chi connectivity index (χ1) is 18.8. The third-order valence-electron chi connectivity index (χ3n) is 6.16. The zero-order valence-electron chi connectivity index (χ0n) is 24.5. The average Bonchev–Trinajstić information content (AvgIpc) is 2.89. The Balaban J connectivity index is 3.32. The molecule has 0 bridgehead atoms. The quantitative estimate of drug-likeness (QED) is 0.106. The predicted octanol–water partition coefficient (Wildman–Crippen LogP) is 4.10. The summed E-state index contributed by atoms with van der Waals surface area (Å²) in [5, 5.41) is 17.2. The summed E-state index contributed by atoms with van der Waals surface area (Å²) in [4.78, 5) is 45.9. The molecular formula is C29H55N3O7. The molecule has 0 fully saturated rings. The van der Waals surface area contributed by atoms with Crippen LogP contribution in [0, 0.1) is 0 Å². The molecule has 0 saturated carbocycles. The van der Waals surface area contributed by atoms with Gasteiger partial charge in [0.15, 0.2) is 0 Å².